The third kappa shape index (κ3) is 2.91. The van der Waals surface area contributed by atoms with Crippen molar-refractivity contribution in [1.82, 2.24) is 25.2 Å². The summed E-state index contributed by atoms with van der Waals surface area (Å²) < 4.78 is 1.79. The Morgan fingerprint density at radius 3 is 2.94 bits per heavy atom. The number of rotatable bonds is 5. The van der Waals surface area contributed by atoms with Gasteiger partial charge in [-0.15, -0.1) is 15.3 Å². The number of anilines is 2. The predicted octanol–water partition coefficient (Wildman–Crippen LogP) is 0.152. The highest BCUT2D eigenvalue weighted by atomic mass is 15.4. The van der Waals surface area contributed by atoms with Gasteiger partial charge in [-0.2, -0.15) is 0 Å². The van der Waals surface area contributed by atoms with Crippen LogP contribution in [0.15, 0.2) is 24.5 Å². The lowest BCUT2D eigenvalue weighted by Crippen LogP contribution is -2.08. The van der Waals surface area contributed by atoms with Crippen LogP contribution < -0.4 is 11.1 Å². The summed E-state index contributed by atoms with van der Waals surface area (Å²) in [6.07, 6.45) is 4.44. The molecule has 0 spiro atoms. The summed E-state index contributed by atoms with van der Waals surface area (Å²) in [5.74, 6) is 1.15. The fourth-order valence-corrected chi connectivity index (χ4v) is 1.25. The highest BCUT2D eigenvalue weighted by Crippen LogP contribution is 2.02. The van der Waals surface area contributed by atoms with Crippen LogP contribution in [0.1, 0.15) is 6.42 Å². The summed E-state index contributed by atoms with van der Waals surface area (Å²) in [6.45, 7) is 1.63. The maximum Gasteiger partial charge on any atom is 0.148 e. The van der Waals surface area contributed by atoms with Crippen molar-refractivity contribution in [3.05, 3.63) is 24.5 Å². The number of nitrogens with one attached hydrogen (secondary N) is 1. The monoisotopic (exact) mass is 219 g/mol. The van der Waals surface area contributed by atoms with Gasteiger partial charge in [0, 0.05) is 19.3 Å². The molecule has 0 bridgehead atoms. The van der Waals surface area contributed by atoms with E-state index in [9.17, 15) is 0 Å². The Kier molecular flexibility index (Phi) is 3.27. The number of aromatic nitrogens is 5. The molecule has 0 atom stereocenters. The first-order valence-corrected chi connectivity index (χ1v) is 5.02. The molecule has 2 aromatic rings. The zero-order valence-corrected chi connectivity index (χ0v) is 8.74. The van der Waals surface area contributed by atoms with Crippen molar-refractivity contribution in [2.45, 2.75) is 13.0 Å². The number of aryl methyl sites for hydroxylation is 1. The van der Waals surface area contributed by atoms with E-state index in [1.165, 1.54) is 0 Å². The van der Waals surface area contributed by atoms with E-state index in [1.54, 1.807) is 23.0 Å². The van der Waals surface area contributed by atoms with Gasteiger partial charge in [0.2, 0.25) is 0 Å². The summed E-state index contributed by atoms with van der Waals surface area (Å²) in [4.78, 5) is 0. The molecule has 0 aliphatic carbocycles. The van der Waals surface area contributed by atoms with Gasteiger partial charge in [-0.05, 0) is 18.6 Å². The van der Waals surface area contributed by atoms with E-state index in [0.29, 0.717) is 5.82 Å². The van der Waals surface area contributed by atoms with Crippen LogP contribution in [0.25, 0.3) is 0 Å². The van der Waals surface area contributed by atoms with Crippen LogP contribution in [0, 0.1) is 0 Å². The van der Waals surface area contributed by atoms with E-state index in [-0.39, 0.29) is 0 Å². The minimum absolute atomic E-state index is 0.424. The molecule has 0 aliphatic rings. The largest absolute Gasteiger partial charge is 0.382 e. The van der Waals surface area contributed by atoms with Crippen molar-refractivity contribution >= 4 is 11.6 Å². The quantitative estimate of drug-likeness (QED) is 0.695. The molecular formula is C9H13N7. The standard InChI is InChI=1S/C9H13N7/c10-8-2-3-9(14-13-8)11-4-1-6-16-7-5-12-15-16/h2-3,5,7H,1,4,6H2,(H2,10,13)(H,11,14). The molecule has 0 amide bonds. The van der Waals surface area contributed by atoms with E-state index >= 15 is 0 Å². The summed E-state index contributed by atoms with van der Waals surface area (Å²) >= 11 is 0. The van der Waals surface area contributed by atoms with E-state index in [0.717, 1.165) is 25.3 Å². The van der Waals surface area contributed by atoms with Gasteiger partial charge in [0.1, 0.15) is 11.6 Å². The first-order valence-electron chi connectivity index (χ1n) is 5.02. The summed E-state index contributed by atoms with van der Waals surface area (Å²) in [7, 11) is 0. The molecule has 0 saturated heterocycles. The average Bonchev–Trinajstić information content (AvgIpc) is 2.80. The van der Waals surface area contributed by atoms with Crippen molar-refractivity contribution < 1.29 is 0 Å². The zero-order chi connectivity index (χ0) is 11.2. The smallest absolute Gasteiger partial charge is 0.148 e. The second-order valence-corrected chi connectivity index (χ2v) is 3.29. The lowest BCUT2D eigenvalue weighted by atomic mass is 10.4. The third-order valence-electron chi connectivity index (χ3n) is 2.03. The molecule has 84 valence electrons. The van der Waals surface area contributed by atoms with Crippen LogP contribution in [0.2, 0.25) is 0 Å². The SMILES string of the molecule is Nc1ccc(NCCCn2ccnn2)nn1. The Morgan fingerprint density at radius 2 is 2.25 bits per heavy atom. The number of nitrogens with zero attached hydrogens (tertiary/aromatic N) is 5. The Balaban J connectivity index is 1.70. The summed E-state index contributed by atoms with van der Waals surface area (Å²) in [5.41, 5.74) is 5.43. The van der Waals surface area contributed by atoms with Gasteiger partial charge >= 0.3 is 0 Å². The lowest BCUT2D eigenvalue weighted by molar-refractivity contribution is 0.569. The maximum atomic E-state index is 5.43. The van der Waals surface area contributed by atoms with Gasteiger partial charge in [-0.3, -0.25) is 4.68 Å². The average molecular weight is 219 g/mol. The zero-order valence-electron chi connectivity index (χ0n) is 8.74. The Bertz CT molecular complexity index is 408. The molecule has 16 heavy (non-hydrogen) atoms. The molecule has 0 fully saturated rings. The normalized spacial score (nSPS) is 10.2. The van der Waals surface area contributed by atoms with Gasteiger partial charge < -0.3 is 11.1 Å². The molecule has 2 heterocycles. The Hall–Kier alpha value is -2.18. The first-order chi connectivity index (χ1) is 7.84. The molecule has 3 N–H and O–H groups in total. The van der Waals surface area contributed by atoms with Crippen molar-refractivity contribution in [1.29, 1.82) is 0 Å². The van der Waals surface area contributed by atoms with E-state index in [1.807, 2.05) is 6.20 Å². The maximum absolute atomic E-state index is 5.43. The van der Waals surface area contributed by atoms with Crippen molar-refractivity contribution in [2.75, 3.05) is 17.6 Å². The topological polar surface area (TPSA) is 94.5 Å². The second kappa shape index (κ2) is 5.06. The van der Waals surface area contributed by atoms with Gasteiger partial charge in [-0.1, -0.05) is 5.21 Å². The van der Waals surface area contributed by atoms with E-state index in [4.69, 9.17) is 5.73 Å². The molecule has 2 rings (SSSR count). The molecule has 0 radical (unpaired) electrons. The molecule has 7 nitrogen and oxygen atoms in total. The minimum Gasteiger partial charge on any atom is -0.382 e. The highest BCUT2D eigenvalue weighted by molar-refractivity contribution is 5.38. The highest BCUT2D eigenvalue weighted by Gasteiger charge is 1.95. The predicted molar refractivity (Wildman–Crippen MR) is 59.6 cm³/mol. The molecule has 7 heteroatoms. The molecule has 0 saturated carbocycles. The van der Waals surface area contributed by atoms with Gasteiger partial charge in [0.25, 0.3) is 0 Å². The molecular weight excluding hydrogens is 206 g/mol. The Labute approximate surface area is 92.7 Å². The van der Waals surface area contributed by atoms with Crippen LogP contribution in [-0.2, 0) is 6.54 Å². The molecule has 0 aromatic carbocycles. The number of nitrogens with two attached hydrogens (primary N) is 1. The van der Waals surface area contributed by atoms with E-state index in [2.05, 4.69) is 25.8 Å². The van der Waals surface area contributed by atoms with Crippen LogP contribution in [-0.4, -0.2) is 31.7 Å². The second-order valence-electron chi connectivity index (χ2n) is 3.29. The first kappa shape index (κ1) is 10.3. The lowest BCUT2D eigenvalue weighted by Gasteiger charge is -2.04. The fourth-order valence-electron chi connectivity index (χ4n) is 1.25. The van der Waals surface area contributed by atoms with E-state index < -0.39 is 0 Å². The molecule has 0 unspecified atom stereocenters. The Morgan fingerprint density at radius 1 is 1.31 bits per heavy atom. The van der Waals surface area contributed by atoms with Crippen molar-refractivity contribution in [3.8, 4) is 0 Å². The number of hydrogen-bond acceptors (Lipinski definition) is 6. The van der Waals surface area contributed by atoms with Crippen LogP contribution in [0.4, 0.5) is 11.6 Å². The molecule has 0 aliphatic heterocycles. The van der Waals surface area contributed by atoms with Crippen molar-refractivity contribution in [3.63, 3.8) is 0 Å². The van der Waals surface area contributed by atoms with Gasteiger partial charge in [-0.25, -0.2) is 0 Å². The van der Waals surface area contributed by atoms with Gasteiger partial charge in [0.05, 0.1) is 6.20 Å². The van der Waals surface area contributed by atoms with Crippen LogP contribution in [0.3, 0.4) is 0 Å². The van der Waals surface area contributed by atoms with Crippen LogP contribution >= 0.6 is 0 Å². The summed E-state index contributed by atoms with van der Waals surface area (Å²) in [6, 6.07) is 3.52. The minimum atomic E-state index is 0.424. The van der Waals surface area contributed by atoms with Gasteiger partial charge in [0.15, 0.2) is 0 Å². The number of hydrogen-bond donors (Lipinski definition) is 2. The third-order valence-corrected chi connectivity index (χ3v) is 2.03. The van der Waals surface area contributed by atoms with Crippen LogP contribution in [0.5, 0.6) is 0 Å². The molecule has 2 aromatic heterocycles. The summed E-state index contributed by atoms with van der Waals surface area (Å²) in [5, 5.41) is 18.4. The van der Waals surface area contributed by atoms with Crippen molar-refractivity contribution in [2.24, 2.45) is 0 Å². The fraction of sp³-hybridized carbons (Fsp3) is 0.333. The number of nitrogen functional groups attached to an aromatic ring is 1.